The van der Waals surface area contributed by atoms with E-state index in [1.807, 2.05) is 24.3 Å². The summed E-state index contributed by atoms with van der Waals surface area (Å²) in [5.41, 5.74) is 4.70. The summed E-state index contributed by atoms with van der Waals surface area (Å²) in [6, 6.07) is 15.6. The minimum Gasteiger partial charge on any atom is -0.480 e. The van der Waals surface area contributed by atoms with Crippen LogP contribution in [0.1, 0.15) is 55.6 Å². The molecule has 1 saturated carbocycles. The van der Waals surface area contributed by atoms with Gasteiger partial charge in [0.1, 0.15) is 12.6 Å². The van der Waals surface area contributed by atoms with Crippen LogP contribution in [-0.2, 0) is 14.3 Å². The van der Waals surface area contributed by atoms with Crippen molar-refractivity contribution in [3.05, 3.63) is 59.7 Å². The molecule has 2 aromatic rings. The van der Waals surface area contributed by atoms with Gasteiger partial charge in [0.25, 0.3) is 0 Å². The van der Waals surface area contributed by atoms with Gasteiger partial charge in [-0.25, -0.2) is 9.59 Å². The molecule has 2 N–H and O–H groups in total. The summed E-state index contributed by atoms with van der Waals surface area (Å²) in [6.45, 7) is 0.750. The van der Waals surface area contributed by atoms with Crippen LogP contribution in [0, 0.1) is 5.92 Å². The second-order valence-corrected chi connectivity index (χ2v) is 9.56. The van der Waals surface area contributed by atoms with Crippen molar-refractivity contribution in [2.75, 3.05) is 13.2 Å². The molecule has 1 aliphatic heterocycles. The molecule has 0 aromatic heterocycles. The predicted molar refractivity (Wildman–Crippen MR) is 126 cm³/mol. The van der Waals surface area contributed by atoms with Crippen molar-refractivity contribution in [2.24, 2.45) is 5.92 Å². The lowest BCUT2D eigenvalue weighted by molar-refractivity contribution is -0.150. The van der Waals surface area contributed by atoms with Crippen LogP contribution in [0.25, 0.3) is 11.1 Å². The Hall–Kier alpha value is -3.35. The van der Waals surface area contributed by atoms with E-state index in [1.165, 1.54) is 27.2 Å². The SMILES string of the molecule is O=C(N[C@@H]1CCC[C@H](C(=O)N2CCC[C@@H]2C(=O)O)C1)OCC1c2ccccc2-c2ccccc21. The number of nitrogens with one attached hydrogen (secondary N) is 1. The molecule has 178 valence electrons. The summed E-state index contributed by atoms with van der Waals surface area (Å²) in [5.74, 6) is -1.28. The minimum atomic E-state index is -0.935. The van der Waals surface area contributed by atoms with Crippen LogP contribution in [-0.4, -0.2) is 53.2 Å². The molecule has 7 nitrogen and oxygen atoms in total. The van der Waals surface area contributed by atoms with E-state index in [0.29, 0.717) is 19.4 Å². The van der Waals surface area contributed by atoms with E-state index in [9.17, 15) is 19.5 Å². The predicted octanol–water partition coefficient (Wildman–Crippen LogP) is 4.16. The van der Waals surface area contributed by atoms with Crippen molar-refractivity contribution in [3.8, 4) is 11.1 Å². The number of nitrogens with zero attached hydrogens (tertiary/aromatic N) is 1. The highest BCUT2D eigenvalue weighted by atomic mass is 16.5. The Labute approximate surface area is 199 Å². The number of hydrogen-bond acceptors (Lipinski definition) is 4. The van der Waals surface area contributed by atoms with Gasteiger partial charge in [-0.2, -0.15) is 0 Å². The standard InChI is InChI=1S/C27H30N2O5/c30-25(29-14-6-13-24(29)26(31)32)17-7-5-8-18(15-17)28-27(33)34-16-23-21-11-3-1-9-19(21)20-10-2-4-12-22(20)23/h1-4,9-12,17-18,23-24H,5-8,13-16H2,(H,28,33)(H,31,32)/t17-,18+,24+/m0/s1. The number of benzene rings is 2. The molecule has 0 bridgehead atoms. The van der Waals surface area contributed by atoms with Crippen molar-refractivity contribution in [3.63, 3.8) is 0 Å². The van der Waals surface area contributed by atoms with E-state index in [0.717, 1.165) is 25.7 Å². The molecule has 2 aliphatic carbocycles. The zero-order chi connectivity index (χ0) is 23.7. The lowest BCUT2D eigenvalue weighted by Crippen LogP contribution is -2.47. The quantitative estimate of drug-likeness (QED) is 0.696. The summed E-state index contributed by atoms with van der Waals surface area (Å²) in [4.78, 5) is 38.7. The maximum absolute atomic E-state index is 13.0. The molecule has 3 aliphatic rings. The first-order valence-corrected chi connectivity index (χ1v) is 12.2. The van der Waals surface area contributed by atoms with E-state index < -0.39 is 18.1 Å². The van der Waals surface area contributed by atoms with E-state index in [2.05, 4.69) is 29.6 Å². The maximum atomic E-state index is 13.0. The zero-order valence-corrected chi connectivity index (χ0v) is 19.1. The fourth-order valence-corrected chi connectivity index (χ4v) is 5.87. The highest BCUT2D eigenvalue weighted by molar-refractivity contribution is 5.86. The molecule has 5 rings (SSSR count). The van der Waals surface area contributed by atoms with Crippen LogP contribution >= 0.6 is 0 Å². The third-order valence-electron chi connectivity index (χ3n) is 7.51. The Morgan fingerprint density at radius 2 is 1.62 bits per heavy atom. The smallest absolute Gasteiger partial charge is 0.407 e. The van der Waals surface area contributed by atoms with Crippen LogP contribution < -0.4 is 5.32 Å². The van der Waals surface area contributed by atoms with Crippen LogP contribution in [0.5, 0.6) is 0 Å². The van der Waals surface area contributed by atoms with Gasteiger partial charge in [0.15, 0.2) is 0 Å². The molecule has 2 aromatic carbocycles. The second kappa shape index (κ2) is 9.49. The Bertz CT molecular complexity index is 1050. The Balaban J connectivity index is 1.18. The summed E-state index contributed by atoms with van der Waals surface area (Å²) in [6.07, 6.45) is 3.61. The van der Waals surface area contributed by atoms with Gasteiger partial charge in [-0.15, -0.1) is 0 Å². The van der Waals surface area contributed by atoms with Gasteiger partial charge in [0, 0.05) is 24.4 Å². The molecule has 0 spiro atoms. The fraction of sp³-hybridized carbons (Fsp3) is 0.444. The molecule has 2 fully saturated rings. The van der Waals surface area contributed by atoms with Gasteiger partial charge in [-0.05, 0) is 54.4 Å². The van der Waals surface area contributed by atoms with Crippen molar-refractivity contribution in [1.82, 2.24) is 10.2 Å². The van der Waals surface area contributed by atoms with Crippen LogP contribution in [0.15, 0.2) is 48.5 Å². The number of ether oxygens (including phenoxy) is 1. The van der Waals surface area contributed by atoms with E-state index in [4.69, 9.17) is 4.74 Å². The molecule has 2 amide bonds. The number of carbonyl (C=O) groups excluding carboxylic acids is 2. The second-order valence-electron chi connectivity index (χ2n) is 9.56. The minimum absolute atomic E-state index is 0.00181. The van der Waals surface area contributed by atoms with Crippen molar-refractivity contribution in [2.45, 2.75) is 56.5 Å². The molecular weight excluding hydrogens is 432 g/mol. The largest absolute Gasteiger partial charge is 0.480 e. The first kappa shape index (κ1) is 22.4. The van der Waals surface area contributed by atoms with E-state index >= 15 is 0 Å². The average Bonchev–Trinajstić information content (AvgIpc) is 3.46. The Kier molecular flexibility index (Phi) is 6.26. The summed E-state index contributed by atoms with van der Waals surface area (Å²) in [7, 11) is 0. The molecule has 1 heterocycles. The van der Waals surface area contributed by atoms with Gasteiger partial charge < -0.3 is 20.1 Å². The molecule has 1 saturated heterocycles. The first-order valence-electron chi connectivity index (χ1n) is 12.2. The highest BCUT2D eigenvalue weighted by Crippen LogP contribution is 2.44. The number of alkyl carbamates (subject to hydrolysis) is 1. The number of rotatable bonds is 5. The monoisotopic (exact) mass is 462 g/mol. The fourth-order valence-electron chi connectivity index (χ4n) is 5.87. The number of carboxylic acids is 1. The van der Waals surface area contributed by atoms with Gasteiger partial charge >= 0.3 is 12.1 Å². The van der Waals surface area contributed by atoms with Crippen molar-refractivity contribution in [1.29, 1.82) is 0 Å². The molecule has 0 radical (unpaired) electrons. The van der Waals surface area contributed by atoms with Crippen LogP contribution in [0.3, 0.4) is 0 Å². The third-order valence-corrected chi connectivity index (χ3v) is 7.51. The number of likely N-dealkylation sites (tertiary alicyclic amines) is 1. The van der Waals surface area contributed by atoms with Crippen LogP contribution in [0.2, 0.25) is 0 Å². The van der Waals surface area contributed by atoms with Gasteiger partial charge in [0.2, 0.25) is 5.91 Å². The summed E-state index contributed by atoms with van der Waals surface area (Å²) >= 11 is 0. The van der Waals surface area contributed by atoms with Gasteiger partial charge in [0.05, 0.1) is 0 Å². The molecule has 34 heavy (non-hydrogen) atoms. The van der Waals surface area contributed by atoms with Gasteiger partial charge in [-0.1, -0.05) is 55.0 Å². The number of carbonyl (C=O) groups is 3. The number of hydrogen-bond donors (Lipinski definition) is 2. The molecule has 3 atom stereocenters. The maximum Gasteiger partial charge on any atom is 0.407 e. The molecule has 0 unspecified atom stereocenters. The lowest BCUT2D eigenvalue weighted by atomic mass is 9.84. The Morgan fingerprint density at radius 1 is 0.941 bits per heavy atom. The molecule has 7 heteroatoms. The topological polar surface area (TPSA) is 95.9 Å². The normalized spacial score (nSPS) is 23.8. The number of fused-ring (bicyclic) bond motifs is 3. The number of aliphatic carboxylic acids is 1. The number of amides is 2. The molecular formula is C27H30N2O5. The highest BCUT2D eigenvalue weighted by Gasteiger charge is 2.39. The lowest BCUT2D eigenvalue weighted by Gasteiger charge is -2.32. The van der Waals surface area contributed by atoms with E-state index in [1.54, 1.807) is 0 Å². The van der Waals surface area contributed by atoms with Crippen LogP contribution in [0.4, 0.5) is 4.79 Å². The number of carboxylic acid groups (broad SMARTS) is 1. The van der Waals surface area contributed by atoms with Gasteiger partial charge in [-0.3, -0.25) is 4.79 Å². The third kappa shape index (κ3) is 4.27. The van der Waals surface area contributed by atoms with E-state index in [-0.39, 0.29) is 30.4 Å². The Morgan fingerprint density at radius 3 is 2.29 bits per heavy atom. The summed E-state index contributed by atoms with van der Waals surface area (Å²) < 4.78 is 5.66. The van der Waals surface area contributed by atoms with Crippen molar-refractivity contribution >= 4 is 18.0 Å². The zero-order valence-electron chi connectivity index (χ0n) is 19.1. The van der Waals surface area contributed by atoms with Crippen molar-refractivity contribution < 1.29 is 24.2 Å². The summed E-state index contributed by atoms with van der Waals surface area (Å²) in [5, 5.41) is 12.4. The average molecular weight is 463 g/mol. The first-order chi connectivity index (χ1) is 16.5.